The number of carbonyl (C=O) groups excluding carboxylic acids is 1. The molecule has 0 heterocycles. The molecule has 1 rings (SSSR count). The normalized spacial score (nSPS) is 11.5. The fourth-order valence-corrected chi connectivity index (χ4v) is 1.34. The minimum atomic E-state index is -4.77. The Bertz CT molecular complexity index is 592. The quantitative estimate of drug-likeness (QED) is 0.358. The van der Waals surface area contributed by atoms with Gasteiger partial charge in [-0.2, -0.15) is 5.26 Å². The average Bonchev–Trinajstić information content (AvgIpc) is 2.48. The molecular weight excluding hydrogens is 317 g/mol. The summed E-state index contributed by atoms with van der Waals surface area (Å²) in [5.41, 5.74) is 0.0636. The van der Waals surface area contributed by atoms with E-state index in [2.05, 4.69) is 10.1 Å². The van der Waals surface area contributed by atoms with Crippen molar-refractivity contribution in [3.8, 4) is 11.8 Å². The number of methoxy groups -OCH3 is 1. The predicted octanol–water partition coefficient (Wildman–Crippen LogP) is 2.59. The molecule has 0 saturated heterocycles. The highest BCUT2D eigenvalue weighted by molar-refractivity contribution is 5.93. The summed E-state index contributed by atoms with van der Waals surface area (Å²) in [6.45, 7) is 0.191. The third-order valence-corrected chi connectivity index (χ3v) is 2.33. The van der Waals surface area contributed by atoms with Gasteiger partial charge in [-0.05, 0) is 24.3 Å². The fraction of sp³-hybridized carbons (Fsp3) is 0.286. The van der Waals surface area contributed by atoms with Crippen molar-refractivity contribution in [2.24, 2.45) is 0 Å². The summed E-state index contributed by atoms with van der Waals surface area (Å²) >= 11 is 0. The first-order chi connectivity index (χ1) is 10.9. The molecule has 0 atom stereocenters. The molecule has 0 spiro atoms. The number of halogens is 3. The molecule has 6 nitrogen and oxygen atoms in total. The fourth-order valence-electron chi connectivity index (χ4n) is 1.34. The second-order valence-corrected chi connectivity index (χ2v) is 4.02. The van der Waals surface area contributed by atoms with Crippen LogP contribution < -0.4 is 10.1 Å². The number of esters is 1. The van der Waals surface area contributed by atoms with Crippen molar-refractivity contribution >= 4 is 11.7 Å². The molecule has 0 unspecified atom stereocenters. The lowest BCUT2D eigenvalue weighted by atomic mass is 10.3. The number of anilines is 1. The van der Waals surface area contributed by atoms with E-state index in [0.717, 1.165) is 18.3 Å². The Morgan fingerprint density at radius 1 is 1.30 bits per heavy atom. The molecule has 0 aliphatic carbocycles. The lowest BCUT2D eigenvalue weighted by Crippen LogP contribution is -2.17. The van der Waals surface area contributed by atoms with Gasteiger partial charge in [0.2, 0.25) is 0 Å². The first-order valence-corrected chi connectivity index (χ1v) is 6.24. The van der Waals surface area contributed by atoms with Crippen molar-refractivity contribution in [1.29, 1.82) is 5.26 Å². The van der Waals surface area contributed by atoms with Crippen molar-refractivity contribution < 1.29 is 32.2 Å². The van der Waals surface area contributed by atoms with Gasteiger partial charge in [0, 0.05) is 19.0 Å². The maximum atomic E-state index is 12.0. The molecule has 9 heteroatoms. The van der Waals surface area contributed by atoms with Crippen molar-refractivity contribution in [2.45, 2.75) is 6.36 Å². The van der Waals surface area contributed by atoms with Gasteiger partial charge in [-0.25, -0.2) is 4.79 Å². The number of alkyl halides is 3. The van der Waals surface area contributed by atoms with Gasteiger partial charge in [0.25, 0.3) is 0 Å². The molecule has 1 N–H and O–H groups in total. The number of carbonyl (C=O) groups is 1. The van der Waals surface area contributed by atoms with Gasteiger partial charge in [0.15, 0.2) is 5.57 Å². The summed E-state index contributed by atoms with van der Waals surface area (Å²) in [5, 5.41) is 11.5. The van der Waals surface area contributed by atoms with E-state index in [1.807, 2.05) is 0 Å². The van der Waals surface area contributed by atoms with Crippen LogP contribution >= 0.6 is 0 Å². The molecule has 1 aromatic carbocycles. The summed E-state index contributed by atoms with van der Waals surface area (Å²) in [6, 6.07) is 6.42. The minimum absolute atomic E-state index is 0.00215. The Kier molecular flexibility index (Phi) is 6.89. The predicted molar refractivity (Wildman–Crippen MR) is 73.3 cm³/mol. The lowest BCUT2D eigenvalue weighted by Gasteiger charge is -2.09. The van der Waals surface area contributed by atoms with Gasteiger partial charge in [-0.3, -0.25) is 0 Å². The average molecular weight is 330 g/mol. The number of nitriles is 1. The SMILES string of the molecule is COCCOC(=O)/C(C#N)=C\Nc1ccc(OC(F)(F)F)cc1. The first-order valence-electron chi connectivity index (χ1n) is 6.24. The van der Waals surface area contributed by atoms with Crippen LogP contribution in [0.1, 0.15) is 0 Å². The molecule has 0 fully saturated rings. The lowest BCUT2D eigenvalue weighted by molar-refractivity contribution is -0.274. The zero-order chi connectivity index (χ0) is 17.3. The number of nitrogens with zero attached hydrogens (tertiary/aromatic N) is 1. The van der Waals surface area contributed by atoms with Crippen LogP contribution in [0.4, 0.5) is 18.9 Å². The van der Waals surface area contributed by atoms with Gasteiger partial charge in [-0.1, -0.05) is 0 Å². The summed E-state index contributed by atoms with van der Waals surface area (Å²) in [4.78, 5) is 11.5. The monoisotopic (exact) mass is 330 g/mol. The molecule has 0 saturated carbocycles. The molecule has 0 bridgehead atoms. The Morgan fingerprint density at radius 3 is 2.48 bits per heavy atom. The van der Waals surface area contributed by atoms with E-state index >= 15 is 0 Å². The molecule has 124 valence electrons. The van der Waals surface area contributed by atoms with Crippen LogP contribution in [-0.2, 0) is 14.3 Å². The summed E-state index contributed by atoms with van der Waals surface area (Å²) in [6.07, 6.45) is -3.68. The van der Waals surface area contributed by atoms with E-state index in [-0.39, 0.29) is 24.5 Å². The van der Waals surface area contributed by atoms with Crippen molar-refractivity contribution in [3.63, 3.8) is 0 Å². The van der Waals surface area contributed by atoms with Gasteiger partial charge in [0.05, 0.1) is 6.61 Å². The number of hydrogen-bond acceptors (Lipinski definition) is 6. The van der Waals surface area contributed by atoms with E-state index in [9.17, 15) is 18.0 Å². The number of ether oxygens (including phenoxy) is 3. The summed E-state index contributed by atoms with van der Waals surface area (Å²) < 4.78 is 49.2. The number of nitrogens with one attached hydrogen (secondary N) is 1. The molecule has 0 radical (unpaired) electrons. The Morgan fingerprint density at radius 2 is 1.96 bits per heavy atom. The second-order valence-electron chi connectivity index (χ2n) is 4.02. The molecule has 0 aliphatic rings. The standard InChI is InChI=1S/C14H13F3N2O4/c1-21-6-7-22-13(20)10(8-18)9-19-11-2-4-12(5-3-11)23-14(15,16)17/h2-5,9,19H,6-7H2,1H3/b10-9-. The van der Waals surface area contributed by atoms with E-state index in [4.69, 9.17) is 14.7 Å². The third-order valence-electron chi connectivity index (χ3n) is 2.33. The zero-order valence-electron chi connectivity index (χ0n) is 12.0. The number of rotatable bonds is 7. The molecule has 23 heavy (non-hydrogen) atoms. The molecule has 0 aromatic heterocycles. The number of benzene rings is 1. The van der Waals surface area contributed by atoms with Crippen LogP contribution in [0.25, 0.3) is 0 Å². The zero-order valence-corrected chi connectivity index (χ0v) is 12.0. The smallest absolute Gasteiger partial charge is 0.459 e. The van der Waals surface area contributed by atoms with Gasteiger partial charge >= 0.3 is 12.3 Å². The van der Waals surface area contributed by atoms with E-state index < -0.39 is 12.3 Å². The van der Waals surface area contributed by atoms with Gasteiger partial charge < -0.3 is 19.5 Å². The van der Waals surface area contributed by atoms with Crippen LogP contribution in [0.2, 0.25) is 0 Å². The maximum Gasteiger partial charge on any atom is 0.573 e. The molecule has 0 aliphatic heterocycles. The highest BCUT2D eigenvalue weighted by atomic mass is 19.4. The van der Waals surface area contributed by atoms with Crippen molar-refractivity contribution in [1.82, 2.24) is 0 Å². The van der Waals surface area contributed by atoms with Crippen molar-refractivity contribution in [2.75, 3.05) is 25.6 Å². The third kappa shape index (κ3) is 7.19. The van der Waals surface area contributed by atoms with Crippen LogP contribution in [0.3, 0.4) is 0 Å². The van der Waals surface area contributed by atoms with Crippen LogP contribution in [0.5, 0.6) is 5.75 Å². The first kappa shape index (κ1) is 18.3. The highest BCUT2D eigenvalue weighted by Gasteiger charge is 2.30. The highest BCUT2D eigenvalue weighted by Crippen LogP contribution is 2.23. The van der Waals surface area contributed by atoms with E-state index in [1.165, 1.54) is 19.2 Å². The summed E-state index contributed by atoms with van der Waals surface area (Å²) in [5.74, 6) is -1.22. The van der Waals surface area contributed by atoms with E-state index in [0.29, 0.717) is 5.69 Å². The van der Waals surface area contributed by atoms with Crippen LogP contribution in [0, 0.1) is 11.3 Å². The Hall–Kier alpha value is -2.73. The van der Waals surface area contributed by atoms with E-state index in [1.54, 1.807) is 6.07 Å². The second kappa shape index (κ2) is 8.65. The van der Waals surface area contributed by atoms with Gasteiger partial charge in [-0.15, -0.1) is 13.2 Å². The Labute approximate surface area is 130 Å². The molecule has 1 aromatic rings. The molecule has 0 amide bonds. The maximum absolute atomic E-state index is 12.0. The minimum Gasteiger partial charge on any atom is -0.459 e. The number of hydrogen-bond donors (Lipinski definition) is 1. The largest absolute Gasteiger partial charge is 0.573 e. The van der Waals surface area contributed by atoms with Crippen molar-refractivity contribution in [3.05, 3.63) is 36.0 Å². The summed E-state index contributed by atoms with van der Waals surface area (Å²) in [7, 11) is 1.43. The topological polar surface area (TPSA) is 80.6 Å². The van der Waals surface area contributed by atoms with Gasteiger partial charge in [0.1, 0.15) is 18.4 Å². The van der Waals surface area contributed by atoms with Crippen LogP contribution in [0.15, 0.2) is 36.0 Å². The Balaban J connectivity index is 2.63. The molecular formula is C14H13F3N2O4. The van der Waals surface area contributed by atoms with Crippen LogP contribution in [-0.4, -0.2) is 32.7 Å².